The number of nitrogens with zero attached hydrogens (tertiary/aromatic N) is 1. The van der Waals surface area contributed by atoms with Crippen LogP contribution in [0.1, 0.15) is 58.3 Å². The number of cyclic esters (lactones) is 1. The van der Waals surface area contributed by atoms with E-state index < -0.39 is 50.4 Å². The fraction of sp³-hybridized carbons (Fsp3) is 0.579. The minimum atomic E-state index is -6.14. The van der Waals surface area contributed by atoms with Gasteiger partial charge in [-0.2, -0.15) is 21.6 Å². The molecular weight excluding hydrogens is 459 g/mol. The van der Waals surface area contributed by atoms with Crippen molar-refractivity contribution in [3.05, 3.63) is 17.7 Å². The topological polar surface area (TPSA) is 108 Å². The lowest BCUT2D eigenvalue weighted by atomic mass is 10.1. The van der Waals surface area contributed by atoms with Crippen molar-refractivity contribution in [3.8, 4) is 11.5 Å². The van der Waals surface area contributed by atoms with E-state index in [-0.39, 0.29) is 18.0 Å². The summed E-state index contributed by atoms with van der Waals surface area (Å²) in [6, 6.07) is 2.01. The number of hydrogen-bond donors (Lipinski definition) is 0. The molecule has 0 bridgehead atoms. The number of ether oxygens (including phenoxy) is 3. The van der Waals surface area contributed by atoms with Gasteiger partial charge in [0.25, 0.3) is 0 Å². The average molecular weight is 483 g/mol. The molecule has 180 valence electrons. The molecule has 1 aromatic rings. The number of alkyl halides is 3. The molecule has 0 N–H and O–H groups in total. The van der Waals surface area contributed by atoms with Crippen LogP contribution < -0.4 is 13.8 Å². The molecule has 1 aliphatic heterocycles. The van der Waals surface area contributed by atoms with E-state index >= 15 is 0 Å². The van der Waals surface area contributed by atoms with Crippen molar-refractivity contribution < 1.29 is 49.6 Å². The van der Waals surface area contributed by atoms with Crippen LogP contribution in [-0.4, -0.2) is 43.9 Å². The second-order valence-corrected chi connectivity index (χ2v) is 9.86. The third kappa shape index (κ3) is 5.75. The van der Waals surface area contributed by atoms with Crippen LogP contribution in [0.5, 0.6) is 11.5 Å². The predicted octanol–water partition coefficient (Wildman–Crippen LogP) is 4.35. The second-order valence-electron chi connectivity index (χ2n) is 8.32. The van der Waals surface area contributed by atoms with Gasteiger partial charge in [-0.15, -0.1) is 0 Å². The summed E-state index contributed by atoms with van der Waals surface area (Å²) < 4.78 is 82.1. The summed E-state index contributed by atoms with van der Waals surface area (Å²) in [5.41, 5.74) is -7.42. The Balaban J connectivity index is 2.69. The molecule has 1 aromatic carbocycles. The molecule has 0 saturated carbocycles. The van der Waals surface area contributed by atoms with Crippen molar-refractivity contribution in [2.75, 3.05) is 11.4 Å². The predicted molar refractivity (Wildman–Crippen MR) is 106 cm³/mol. The van der Waals surface area contributed by atoms with E-state index in [0.717, 1.165) is 11.0 Å². The zero-order chi connectivity index (χ0) is 24.7. The Morgan fingerprint density at radius 2 is 1.75 bits per heavy atom. The zero-order valence-electron chi connectivity index (χ0n) is 18.3. The van der Waals surface area contributed by atoms with Crippen molar-refractivity contribution in [2.45, 2.75) is 64.9 Å². The van der Waals surface area contributed by atoms with Crippen LogP contribution in [-0.2, 0) is 19.6 Å². The number of benzene rings is 1. The number of carbonyl (C=O) groups excluding carboxylic acids is 2. The van der Waals surface area contributed by atoms with Crippen LogP contribution in [0.3, 0.4) is 0 Å². The first-order valence-electron chi connectivity index (χ1n) is 9.48. The summed E-state index contributed by atoms with van der Waals surface area (Å²) in [6.07, 6.45) is -0.427. The number of halogens is 3. The molecule has 9 nitrogen and oxygen atoms in total. The van der Waals surface area contributed by atoms with Gasteiger partial charge in [-0.05, 0) is 27.2 Å². The quantitative estimate of drug-likeness (QED) is 0.346. The van der Waals surface area contributed by atoms with Crippen LogP contribution in [0, 0.1) is 0 Å². The Labute approximate surface area is 183 Å². The van der Waals surface area contributed by atoms with Gasteiger partial charge in [-0.25, -0.2) is 9.59 Å². The van der Waals surface area contributed by atoms with Gasteiger partial charge < -0.3 is 18.4 Å². The highest BCUT2D eigenvalue weighted by molar-refractivity contribution is 7.88. The standard InChI is InChI=1S/C19H24F3NO8S/c1-7-8-23(16(25)30-17(2,3)4)11-9-12-14(15(24)29-18(5,6)28-12)13(10-11)31-32(26,27)19(20,21)22/h9-10H,7-8H2,1-6H3. The summed E-state index contributed by atoms with van der Waals surface area (Å²) in [7, 11) is -6.14. The summed E-state index contributed by atoms with van der Waals surface area (Å²) in [5.74, 6) is -3.99. The Kier molecular flexibility index (Phi) is 6.66. The molecule has 0 saturated heterocycles. The molecule has 0 atom stereocenters. The number of hydrogen-bond acceptors (Lipinski definition) is 8. The summed E-state index contributed by atoms with van der Waals surface area (Å²) in [5, 5.41) is 0. The molecule has 0 radical (unpaired) electrons. The number of rotatable bonds is 5. The van der Waals surface area contributed by atoms with Gasteiger partial charge in [0.2, 0.25) is 5.79 Å². The van der Waals surface area contributed by atoms with E-state index in [2.05, 4.69) is 4.18 Å². The first kappa shape index (κ1) is 25.6. The van der Waals surface area contributed by atoms with E-state index in [1.54, 1.807) is 27.7 Å². The molecule has 1 heterocycles. The van der Waals surface area contributed by atoms with Crippen molar-refractivity contribution in [2.24, 2.45) is 0 Å². The highest BCUT2D eigenvalue weighted by atomic mass is 32.2. The fourth-order valence-corrected chi connectivity index (χ4v) is 3.13. The molecule has 0 unspecified atom stereocenters. The van der Waals surface area contributed by atoms with Crippen molar-refractivity contribution in [1.82, 2.24) is 0 Å². The van der Waals surface area contributed by atoms with Gasteiger partial charge in [-0.1, -0.05) is 6.92 Å². The summed E-state index contributed by atoms with van der Waals surface area (Å²) in [6.45, 7) is 9.39. The lowest BCUT2D eigenvalue weighted by molar-refractivity contribution is -0.127. The summed E-state index contributed by atoms with van der Waals surface area (Å²) in [4.78, 5) is 26.2. The molecule has 2 rings (SSSR count). The maximum absolute atomic E-state index is 12.9. The van der Waals surface area contributed by atoms with Crippen LogP contribution in [0.2, 0.25) is 0 Å². The molecule has 0 spiro atoms. The van der Waals surface area contributed by atoms with Crippen LogP contribution in [0.15, 0.2) is 12.1 Å². The van der Waals surface area contributed by atoms with Crippen LogP contribution in [0.4, 0.5) is 23.7 Å². The third-order valence-corrected chi connectivity index (χ3v) is 4.77. The van der Waals surface area contributed by atoms with Gasteiger partial charge in [-0.3, -0.25) is 4.90 Å². The second kappa shape index (κ2) is 8.34. The first-order chi connectivity index (χ1) is 14.4. The van der Waals surface area contributed by atoms with E-state index in [0.29, 0.717) is 6.42 Å². The van der Waals surface area contributed by atoms with Gasteiger partial charge >= 0.3 is 27.7 Å². The van der Waals surface area contributed by atoms with Crippen LogP contribution in [0.25, 0.3) is 0 Å². The maximum Gasteiger partial charge on any atom is 0.534 e. The molecule has 32 heavy (non-hydrogen) atoms. The summed E-state index contributed by atoms with van der Waals surface area (Å²) >= 11 is 0. The first-order valence-corrected chi connectivity index (χ1v) is 10.9. The van der Waals surface area contributed by atoms with E-state index in [4.69, 9.17) is 14.2 Å². The number of esters is 1. The van der Waals surface area contributed by atoms with E-state index in [1.165, 1.54) is 19.9 Å². The maximum atomic E-state index is 12.9. The van der Waals surface area contributed by atoms with Gasteiger partial charge in [0.1, 0.15) is 16.9 Å². The molecule has 0 fully saturated rings. The van der Waals surface area contributed by atoms with Crippen LogP contribution >= 0.6 is 0 Å². The smallest absolute Gasteiger partial charge is 0.452 e. The van der Waals surface area contributed by atoms with Gasteiger partial charge in [0.05, 0.1) is 5.69 Å². The Morgan fingerprint density at radius 3 is 2.25 bits per heavy atom. The fourth-order valence-electron chi connectivity index (χ4n) is 2.67. The zero-order valence-corrected chi connectivity index (χ0v) is 19.1. The number of anilines is 1. The minimum absolute atomic E-state index is 0.0625. The highest BCUT2D eigenvalue weighted by Crippen LogP contribution is 2.42. The van der Waals surface area contributed by atoms with Gasteiger partial charge in [0.15, 0.2) is 5.75 Å². The van der Waals surface area contributed by atoms with Crippen molar-refractivity contribution in [1.29, 1.82) is 0 Å². The number of fused-ring (bicyclic) bond motifs is 1. The Hall–Kier alpha value is -2.70. The number of carbonyl (C=O) groups is 2. The molecule has 0 aromatic heterocycles. The molecule has 0 aliphatic carbocycles. The van der Waals surface area contributed by atoms with E-state index in [1.807, 2.05) is 0 Å². The molecular formula is C19H24F3NO8S. The third-order valence-electron chi connectivity index (χ3n) is 3.80. The monoisotopic (exact) mass is 483 g/mol. The highest BCUT2D eigenvalue weighted by Gasteiger charge is 2.50. The lowest BCUT2D eigenvalue weighted by Crippen LogP contribution is -2.40. The SMILES string of the molecule is CCCN(C(=O)OC(C)(C)C)c1cc2c(c(OS(=O)(=O)C(F)(F)F)c1)C(=O)OC(C)(C)O2. The largest absolute Gasteiger partial charge is 0.534 e. The molecule has 1 aliphatic rings. The Morgan fingerprint density at radius 1 is 1.16 bits per heavy atom. The average Bonchev–Trinajstić information content (AvgIpc) is 2.54. The van der Waals surface area contributed by atoms with E-state index in [9.17, 15) is 31.2 Å². The van der Waals surface area contributed by atoms with Crippen molar-refractivity contribution >= 4 is 27.9 Å². The van der Waals surface area contributed by atoms with Gasteiger partial charge in [0, 0.05) is 32.5 Å². The molecule has 1 amide bonds. The normalized spacial score (nSPS) is 15.8. The lowest BCUT2D eigenvalue weighted by Gasteiger charge is -2.33. The minimum Gasteiger partial charge on any atom is -0.452 e. The molecule has 13 heteroatoms. The van der Waals surface area contributed by atoms with Crippen molar-refractivity contribution in [3.63, 3.8) is 0 Å². The number of amides is 1. The Bertz CT molecular complexity index is 1010.